The van der Waals surface area contributed by atoms with E-state index in [1.54, 1.807) is 0 Å². The van der Waals surface area contributed by atoms with Crippen LogP contribution in [0.3, 0.4) is 0 Å². The molecule has 0 aromatic heterocycles. The van der Waals surface area contributed by atoms with Crippen molar-refractivity contribution in [3.8, 4) is 11.5 Å². The molecular formula is C16H14Cl6N2O2-2. The molecule has 0 aliphatic carbocycles. The van der Waals surface area contributed by atoms with E-state index in [1.165, 1.54) is 24.3 Å². The Morgan fingerprint density at radius 3 is 1.00 bits per heavy atom. The summed E-state index contributed by atoms with van der Waals surface area (Å²) in [5.41, 5.74) is 0. The van der Waals surface area contributed by atoms with Crippen LogP contribution in [0.1, 0.15) is 0 Å². The summed E-state index contributed by atoms with van der Waals surface area (Å²) in [6.07, 6.45) is 0. The maximum Gasteiger partial charge on any atom is 0.0606 e. The van der Waals surface area contributed by atoms with E-state index in [-0.39, 0.29) is 31.6 Å². The van der Waals surface area contributed by atoms with Crippen molar-refractivity contribution in [1.82, 2.24) is 10.6 Å². The fourth-order valence-electron chi connectivity index (χ4n) is 1.61. The number of halogens is 6. The molecule has 26 heavy (non-hydrogen) atoms. The van der Waals surface area contributed by atoms with Gasteiger partial charge in [-0.15, -0.1) is 0 Å². The Bertz CT molecular complexity index is 559. The largest absolute Gasteiger partial charge is 0.871 e. The van der Waals surface area contributed by atoms with Crippen LogP contribution < -0.4 is 20.8 Å². The van der Waals surface area contributed by atoms with E-state index >= 15 is 0 Å². The molecule has 0 radical (unpaired) electrons. The van der Waals surface area contributed by atoms with Gasteiger partial charge in [-0.1, -0.05) is 81.1 Å². The summed E-state index contributed by atoms with van der Waals surface area (Å²) in [6, 6.07) is 5.03. The van der Waals surface area contributed by atoms with E-state index in [1.807, 2.05) is 0 Å². The van der Waals surface area contributed by atoms with Crippen molar-refractivity contribution in [1.29, 1.82) is 0 Å². The van der Waals surface area contributed by atoms with Crippen LogP contribution in [0.15, 0.2) is 24.3 Å². The van der Waals surface area contributed by atoms with Crippen molar-refractivity contribution in [2.24, 2.45) is 0 Å². The first-order valence-electron chi connectivity index (χ1n) is 7.27. The predicted octanol–water partition coefficient (Wildman–Crippen LogP) is 4.62. The number of rotatable bonds is 0. The Morgan fingerprint density at radius 1 is 0.500 bits per heavy atom. The zero-order valence-electron chi connectivity index (χ0n) is 13.2. The number of nitrogens with one attached hydrogen (secondary N) is 2. The zero-order valence-corrected chi connectivity index (χ0v) is 17.8. The van der Waals surface area contributed by atoms with Crippen LogP contribution in [0.5, 0.6) is 11.5 Å². The molecule has 0 atom stereocenters. The fraction of sp³-hybridized carbons (Fsp3) is 0.250. The summed E-state index contributed by atoms with van der Waals surface area (Å²) in [7, 11) is 0. The van der Waals surface area contributed by atoms with Crippen LogP contribution in [0.4, 0.5) is 0 Å². The first-order chi connectivity index (χ1) is 12.2. The van der Waals surface area contributed by atoms with Gasteiger partial charge in [-0.2, -0.15) is 0 Å². The molecule has 3 rings (SSSR count). The second kappa shape index (κ2) is 12.2. The lowest BCUT2D eigenvalue weighted by Crippen LogP contribution is -2.39. The van der Waals surface area contributed by atoms with E-state index in [0.29, 0.717) is 10.0 Å². The van der Waals surface area contributed by atoms with Crippen molar-refractivity contribution in [2.75, 3.05) is 26.2 Å². The highest BCUT2D eigenvalue weighted by Gasteiger charge is 1.98. The molecule has 0 spiro atoms. The Labute approximate surface area is 181 Å². The van der Waals surface area contributed by atoms with Crippen molar-refractivity contribution < 1.29 is 10.2 Å². The number of benzene rings is 2. The molecule has 2 aromatic rings. The lowest BCUT2D eigenvalue weighted by molar-refractivity contribution is -0.268. The second-order valence-electron chi connectivity index (χ2n) is 4.89. The summed E-state index contributed by atoms with van der Waals surface area (Å²) < 4.78 is 0. The molecule has 2 aromatic carbocycles. The Kier molecular flexibility index (Phi) is 11.2. The van der Waals surface area contributed by atoms with Gasteiger partial charge in [-0.3, -0.25) is 0 Å². The Morgan fingerprint density at radius 2 is 0.769 bits per heavy atom. The van der Waals surface area contributed by atoms with Crippen LogP contribution in [0.25, 0.3) is 0 Å². The van der Waals surface area contributed by atoms with Gasteiger partial charge in [0.25, 0.3) is 0 Å². The minimum atomic E-state index is -0.309. The molecule has 10 heteroatoms. The van der Waals surface area contributed by atoms with Crippen LogP contribution >= 0.6 is 69.6 Å². The molecule has 1 aliphatic heterocycles. The lowest BCUT2D eigenvalue weighted by Gasteiger charge is -2.11. The topological polar surface area (TPSA) is 70.2 Å². The number of hydrogen-bond donors (Lipinski definition) is 2. The lowest BCUT2D eigenvalue weighted by atomic mass is 10.3. The van der Waals surface area contributed by atoms with E-state index in [9.17, 15) is 10.2 Å². The van der Waals surface area contributed by atoms with Gasteiger partial charge in [0.15, 0.2) is 0 Å². The predicted molar refractivity (Wildman–Crippen MR) is 108 cm³/mol. The molecule has 4 nitrogen and oxygen atoms in total. The highest BCUT2D eigenvalue weighted by molar-refractivity contribution is 6.44. The molecule has 0 bridgehead atoms. The molecule has 2 N–H and O–H groups in total. The minimum Gasteiger partial charge on any atom is -0.871 e. The van der Waals surface area contributed by atoms with Crippen molar-refractivity contribution in [2.45, 2.75) is 0 Å². The van der Waals surface area contributed by atoms with Gasteiger partial charge < -0.3 is 20.8 Å². The molecule has 0 unspecified atom stereocenters. The van der Waals surface area contributed by atoms with Gasteiger partial charge in [0.05, 0.1) is 20.1 Å². The smallest absolute Gasteiger partial charge is 0.0606 e. The Balaban J connectivity index is 0.000000201. The maximum atomic E-state index is 10.7. The monoisotopic (exact) mass is 476 g/mol. The number of piperazine rings is 1. The van der Waals surface area contributed by atoms with Crippen LogP contribution in [0.2, 0.25) is 30.1 Å². The standard InChI is InChI=1S/2C6H3Cl3O.C4H10N2/c2*7-3-1-5(9)6(10)2-4(3)8;1-2-6-4-3-5-1/h2*1-2,10H;5-6H,1-4H2/p-2. The molecule has 0 saturated carbocycles. The van der Waals surface area contributed by atoms with Gasteiger partial charge in [0.1, 0.15) is 0 Å². The molecule has 0 amide bonds. The minimum absolute atomic E-state index is 0.0920. The summed E-state index contributed by atoms with van der Waals surface area (Å²) in [5, 5.41) is 29.1. The van der Waals surface area contributed by atoms with E-state index in [4.69, 9.17) is 69.6 Å². The summed E-state index contributed by atoms with van der Waals surface area (Å²) >= 11 is 32.9. The van der Waals surface area contributed by atoms with E-state index < -0.39 is 0 Å². The average molecular weight is 479 g/mol. The number of hydrogen-bond acceptors (Lipinski definition) is 4. The van der Waals surface area contributed by atoms with Crippen molar-refractivity contribution in [3.05, 3.63) is 54.4 Å². The van der Waals surface area contributed by atoms with Crippen LogP contribution in [0, 0.1) is 0 Å². The van der Waals surface area contributed by atoms with Crippen LogP contribution in [-0.2, 0) is 0 Å². The maximum absolute atomic E-state index is 10.7. The van der Waals surface area contributed by atoms with Gasteiger partial charge in [-0.05, 0) is 24.3 Å². The fourth-order valence-corrected chi connectivity index (χ4v) is 2.69. The first kappa shape index (κ1) is 23.7. The first-order valence-corrected chi connectivity index (χ1v) is 9.53. The SMILES string of the molecule is C1CNCCN1.[O-]c1cc(Cl)c(Cl)cc1Cl.[O-]c1cc(Cl)c(Cl)cc1Cl. The quantitative estimate of drug-likeness (QED) is 0.542. The van der Waals surface area contributed by atoms with E-state index in [2.05, 4.69) is 10.6 Å². The second-order valence-corrected chi connectivity index (χ2v) is 7.34. The molecule has 1 aliphatic rings. The van der Waals surface area contributed by atoms with Crippen molar-refractivity contribution in [3.63, 3.8) is 0 Å². The molecule has 1 fully saturated rings. The van der Waals surface area contributed by atoms with Crippen LogP contribution in [-0.4, -0.2) is 26.2 Å². The summed E-state index contributed by atoms with van der Waals surface area (Å²) in [6.45, 7) is 4.56. The highest BCUT2D eigenvalue weighted by Crippen LogP contribution is 2.31. The summed E-state index contributed by atoms with van der Waals surface area (Å²) in [5.74, 6) is -0.618. The average Bonchev–Trinajstić information content (AvgIpc) is 2.61. The van der Waals surface area contributed by atoms with Gasteiger partial charge in [0, 0.05) is 36.2 Å². The third-order valence-electron chi connectivity index (χ3n) is 2.91. The summed E-state index contributed by atoms with van der Waals surface area (Å²) in [4.78, 5) is 0. The van der Waals surface area contributed by atoms with Crippen molar-refractivity contribution >= 4 is 69.6 Å². The van der Waals surface area contributed by atoms with Gasteiger partial charge in [0.2, 0.25) is 0 Å². The highest BCUT2D eigenvalue weighted by atomic mass is 35.5. The molecule has 144 valence electrons. The third-order valence-corrected chi connectivity index (χ3v) is 4.94. The molecule has 1 heterocycles. The molecular weight excluding hydrogens is 465 g/mol. The van der Waals surface area contributed by atoms with Gasteiger partial charge in [-0.25, -0.2) is 0 Å². The third kappa shape index (κ3) is 8.59. The normalized spacial score (nSPS) is 13.2. The Hall–Kier alpha value is -0.300. The molecule has 1 saturated heterocycles. The van der Waals surface area contributed by atoms with E-state index in [0.717, 1.165) is 26.2 Å². The van der Waals surface area contributed by atoms with Gasteiger partial charge >= 0.3 is 0 Å². The zero-order chi connectivity index (χ0) is 19.7.